The van der Waals surface area contributed by atoms with Gasteiger partial charge in [0, 0.05) is 12.6 Å². The van der Waals surface area contributed by atoms with Crippen LogP contribution in [-0.4, -0.2) is 25.7 Å². The van der Waals surface area contributed by atoms with E-state index in [2.05, 4.69) is 5.32 Å². The standard InChI is InChI=1S/C15H24N2O3/c1-5-8-17-15(18)11(3)20-13-7-6-12(10(2)16)9-14(13)19-4/h6-7,9-11H,5,8,16H2,1-4H3,(H,17,18)/t10-,11?/m1/s1. The summed E-state index contributed by atoms with van der Waals surface area (Å²) in [4.78, 5) is 11.8. The smallest absolute Gasteiger partial charge is 0.260 e. The van der Waals surface area contributed by atoms with Gasteiger partial charge in [-0.25, -0.2) is 0 Å². The molecule has 0 heterocycles. The molecule has 112 valence electrons. The minimum atomic E-state index is -0.573. The van der Waals surface area contributed by atoms with Crippen molar-refractivity contribution in [1.29, 1.82) is 0 Å². The molecule has 0 aromatic heterocycles. The number of ether oxygens (including phenoxy) is 2. The molecular weight excluding hydrogens is 256 g/mol. The summed E-state index contributed by atoms with van der Waals surface area (Å²) in [5, 5.41) is 2.79. The average molecular weight is 280 g/mol. The van der Waals surface area contributed by atoms with Crippen molar-refractivity contribution < 1.29 is 14.3 Å². The number of rotatable bonds is 7. The van der Waals surface area contributed by atoms with Crippen LogP contribution in [0.25, 0.3) is 0 Å². The molecule has 3 N–H and O–H groups in total. The number of nitrogens with two attached hydrogens (primary N) is 1. The van der Waals surface area contributed by atoms with Crippen molar-refractivity contribution in [3.8, 4) is 11.5 Å². The number of amides is 1. The van der Waals surface area contributed by atoms with Crippen LogP contribution in [0.4, 0.5) is 0 Å². The van der Waals surface area contributed by atoms with E-state index >= 15 is 0 Å². The lowest BCUT2D eigenvalue weighted by Crippen LogP contribution is -2.36. The average Bonchev–Trinajstić information content (AvgIpc) is 2.44. The van der Waals surface area contributed by atoms with Gasteiger partial charge in [0.25, 0.3) is 5.91 Å². The van der Waals surface area contributed by atoms with Crippen LogP contribution >= 0.6 is 0 Å². The molecule has 0 spiro atoms. The Morgan fingerprint density at radius 3 is 2.60 bits per heavy atom. The quantitative estimate of drug-likeness (QED) is 0.801. The van der Waals surface area contributed by atoms with Crippen LogP contribution in [0.1, 0.15) is 38.8 Å². The van der Waals surface area contributed by atoms with Crippen LogP contribution in [-0.2, 0) is 4.79 Å². The van der Waals surface area contributed by atoms with Crippen molar-refractivity contribution in [1.82, 2.24) is 5.32 Å². The Morgan fingerprint density at radius 2 is 2.05 bits per heavy atom. The monoisotopic (exact) mass is 280 g/mol. The van der Waals surface area contributed by atoms with Crippen molar-refractivity contribution in [2.45, 2.75) is 39.3 Å². The van der Waals surface area contributed by atoms with Crippen molar-refractivity contribution in [3.05, 3.63) is 23.8 Å². The highest BCUT2D eigenvalue weighted by Crippen LogP contribution is 2.30. The first-order chi connectivity index (χ1) is 9.49. The second-order valence-electron chi connectivity index (χ2n) is 4.75. The van der Waals surface area contributed by atoms with Gasteiger partial charge >= 0.3 is 0 Å². The molecule has 1 aromatic rings. The number of hydrogen-bond donors (Lipinski definition) is 2. The summed E-state index contributed by atoms with van der Waals surface area (Å²) in [6, 6.07) is 5.40. The normalized spacial score (nSPS) is 13.4. The molecule has 0 aliphatic carbocycles. The number of carbonyl (C=O) groups is 1. The summed E-state index contributed by atoms with van der Waals surface area (Å²) >= 11 is 0. The summed E-state index contributed by atoms with van der Waals surface area (Å²) in [6.07, 6.45) is 0.321. The maximum atomic E-state index is 11.8. The van der Waals surface area contributed by atoms with E-state index in [1.54, 1.807) is 20.1 Å². The van der Waals surface area contributed by atoms with Gasteiger partial charge in [0.15, 0.2) is 17.6 Å². The van der Waals surface area contributed by atoms with Gasteiger partial charge in [-0.2, -0.15) is 0 Å². The van der Waals surface area contributed by atoms with E-state index in [-0.39, 0.29) is 11.9 Å². The molecule has 5 nitrogen and oxygen atoms in total. The van der Waals surface area contributed by atoms with Gasteiger partial charge in [0.1, 0.15) is 0 Å². The predicted molar refractivity (Wildman–Crippen MR) is 79.0 cm³/mol. The molecule has 1 unspecified atom stereocenters. The van der Waals surface area contributed by atoms with Gasteiger partial charge in [-0.1, -0.05) is 13.0 Å². The first kappa shape index (κ1) is 16.3. The number of benzene rings is 1. The third-order valence-corrected chi connectivity index (χ3v) is 2.94. The molecule has 20 heavy (non-hydrogen) atoms. The van der Waals surface area contributed by atoms with E-state index < -0.39 is 6.10 Å². The fraction of sp³-hybridized carbons (Fsp3) is 0.533. The van der Waals surface area contributed by atoms with Crippen molar-refractivity contribution in [2.75, 3.05) is 13.7 Å². The molecule has 0 aliphatic heterocycles. The third-order valence-electron chi connectivity index (χ3n) is 2.94. The fourth-order valence-corrected chi connectivity index (χ4v) is 1.70. The topological polar surface area (TPSA) is 73.6 Å². The van der Waals surface area contributed by atoms with Crippen LogP contribution < -0.4 is 20.5 Å². The Balaban J connectivity index is 2.78. The lowest BCUT2D eigenvalue weighted by molar-refractivity contribution is -0.127. The first-order valence-corrected chi connectivity index (χ1v) is 6.87. The molecule has 0 aliphatic rings. The summed E-state index contributed by atoms with van der Waals surface area (Å²) in [6.45, 7) is 6.26. The van der Waals surface area contributed by atoms with Crippen LogP contribution in [0.15, 0.2) is 18.2 Å². The maximum Gasteiger partial charge on any atom is 0.260 e. The van der Waals surface area contributed by atoms with E-state index in [0.29, 0.717) is 18.0 Å². The van der Waals surface area contributed by atoms with Crippen LogP contribution in [0.3, 0.4) is 0 Å². The Morgan fingerprint density at radius 1 is 1.35 bits per heavy atom. The highest BCUT2D eigenvalue weighted by atomic mass is 16.5. The molecule has 0 saturated heterocycles. The lowest BCUT2D eigenvalue weighted by Gasteiger charge is -2.17. The van der Waals surface area contributed by atoms with Crippen LogP contribution in [0, 0.1) is 0 Å². The van der Waals surface area contributed by atoms with E-state index in [0.717, 1.165) is 12.0 Å². The number of carbonyl (C=O) groups excluding carboxylic acids is 1. The Kier molecular flexibility index (Phi) is 6.31. The zero-order valence-corrected chi connectivity index (χ0v) is 12.6. The highest BCUT2D eigenvalue weighted by Gasteiger charge is 2.16. The zero-order chi connectivity index (χ0) is 15.1. The summed E-state index contributed by atoms with van der Waals surface area (Å²) in [5.74, 6) is 0.983. The Hall–Kier alpha value is -1.75. The highest BCUT2D eigenvalue weighted by molar-refractivity contribution is 5.80. The number of methoxy groups -OCH3 is 1. The minimum absolute atomic E-state index is 0.0803. The molecule has 1 amide bonds. The van der Waals surface area contributed by atoms with Gasteiger partial charge in [-0.3, -0.25) is 4.79 Å². The second-order valence-corrected chi connectivity index (χ2v) is 4.75. The van der Waals surface area contributed by atoms with Crippen LogP contribution in [0.2, 0.25) is 0 Å². The van der Waals surface area contributed by atoms with Crippen molar-refractivity contribution in [2.24, 2.45) is 5.73 Å². The van der Waals surface area contributed by atoms with E-state index in [9.17, 15) is 4.79 Å². The predicted octanol–water partition coefficient (Wildman–Crippen LogP) is 2.01. The second kappa shape index (κ2) is 7.75. The van der Waals surface area contributed by atoms with E-state index in [1.165, 1.54) is 0 Å². The number of nitrogens with one attached hydrogen (secondary N) is 1. The summed E-state index contributed by atoms with van der Waals surface area (Å²) in [7, 11) is 1.56. The largest absolute Gasteiger partial charge is 0.493 e. The molecule has 0 fully saturated rings. The zero-order valence-electron chi connectivity index (χ0n) is 12.6. The Bertz CT molecular complexity index is 447. The maximum absolute atomic E-state index is 11.8. The van der Waals surface area contributed by atoms with Gasteiger partial charge in [0.2, 0.25) is 0 Å². The van der Waals surface area contributed by atoms with Crippen molar-refractivity contribution >= 4 is 5.91 Å². The first-order valence-electron chi connectivity index (χ1n) is 6.87. The van der Waals surface area contributed by atoms with Gasteiger partial charge in [-0.05, 0) is 38.0 Å². The molecule has 0 saturated carbocycles. The van der Waals surface area contributed by atoms with Crippen LogP contribution in [0.5, 0.6) is 11.5 Å². The SMILES string of the molecule is CCCNC(=O)C(C)Oc1ccc([C@@H](C)N)cc1OC. The minimum Gasteiger partial charge on any atom is -0.493 e. The third kappa shape index (κ3) is 4.42. The van der Waals surface area contributed by atoms with E-state index in [4.69, 9.17) is 15.2 Å². The lowest BCUT2D eigenvalue weighted by atomic mass is 10.1. The van der Waals surface area contributed by atoms with Gasteiger partial charge < -0.3 is 20.5 Å². The molecule has 0 bridgehead atoms. The fourth-order valence-electron chi connectivity index (χ4n) is 1.70. The molecule has 1 aromatic carbocycles. The van der Waals surface area contributed by atoms with E-state index in [1.807, 2.05) is 26.0 Å². The number of hydrogen-bond acceptors (Lipinski definition) is 4. The molecule has 1 rings (SSSR count). The molecule has 5 heteroatoms. The van der Waals surface area contributed by atoms with Gasteiger partial charge in [-0.15, -0.1) is 0 Å². The Labute approximate surface area is 120 Å². The van der Waals surface area contributed by atoms with Gasteiger partial charge in [0.05, 0.1) is 7.11 Å². The molecular formula is C15H24N2O3. The molecule has 2 atom stereocenters. The van der Waals surface area contributed by atoms with Crippen molar-refractivity contribution in [3.63, 3.8) is 0 Å². The molecule has 0 radical (unpaired) electrons. The summed E-state index contributed by atoms with van der Waals surface area (Å²) in [5.41, 5.74) is 6.79. The summed E-state index contributed by atoms with van der Waals surface area (Å²) < 4.78 is 10.9.